The molecule has 0 fully saturated rings. The molecule has 3 rings (SSSR count). The molecule has 5 nitrogen and oxygen atoms in total. The zero-order valence-electron chi connectivity index (χ0n) is 11.2. The Kier molecular flexibility index (Phi) is 3.41. The minimum atomic E-state index is -0.245. The highest BCUT2D eigenvalue weighted by Gasteiger charge is 2.19. The van der Waals surface area contributed by atoms with Gasteiger partial charge in [-0.05, 0) is 56.1 Å². The van der Waals surface area contributed by atoms with Gasteiger partial charge in [-0.3, -0.25) is 13.9 Å². The molecule has 0 spiro atoms. The molecule has 2 aromatic heterocycles. The van der Waals surface area contributed by atoms with Crippen molar-refractivity contribution >= 4 is 48.7 Å². The number of halogens is 2. The van der Waals surface area contributed by atoms with Crippen LogP contribution in [0.1, 0.15) is 16.1 Å². The van der Waals surface area contributed by atoms with Gasteiger partial charge in [0.05, 0.1) is 11.0 Å². The van der Waals surface area contributed by atoms with Crippen molar-refractivity contribution in [2.45, 2.75) is 0 Å². The van der Waals surface area contributed by atoms with Crippen molar-refractivity contribution < 1.29 is 9.21 Å². The molecule has 108 valence electrons. The van der Waals surface area contributed by atoms with Gasteiger partial charge in [0, 0.05) is 24.1 Å². The van der Waals surface area contributed by atoms with E-state index in [9.17, 15) is 9.59 Å². The van der Waals surface area contributed by atoms with Crippen molar-refractivity contribution in [2.75, 3.05) is 0 Å². The van der Waals surface area contributed by atoms with Crippen molar-refractivity contribution in [1.82, 2.24) is 9.13 Å². The summed E-state index contributed by atoms with van der Waals surface area (Å²) in [6.45, 7) is 0. The summed E-state index contributed by atoms with van der Waals surface area (Å²) in [4.78, 5) is 24.4. The Bertz CT molecular complexity index is 934. The predicted molar refractivity (Wildman–Crippen MR) is 85.7 cm³/mol. The highest BCUT2D eigenvalue weighted by molar-refractivity contribution is 9.10. The number of imidazole rings is 1. The van der Waals surface area contributed by atoms with Crippen molar-refractivity contribution in [1.29, 1.82) is 0 Å². The van der Waals surface area contributed by atoms with Crippen molar-refractivity contribution in [3.8, 4) is 0 Å². The van der Waals surface area contributed by atoms with Crippen LogP contribution in [0, 0.1) is 0 Å². The van der Waals surface area contributed by atoms with Crippen LogP contribution in [0.25, 0.3) is 11.0 Å². The van der Waals surface area contributed by atoms with Crippen LogP contribution in [0.15, 0.2) is 42.6 Å². The normalized spacial score (nSPS) is 11.2. The summed E-state index contributed by atoms with van der Waals surface area (Å²) in [5.41, 5.74) is 1.76. The predicted octanol–water partition coefficient (Wildman–Crippen LogP) is 3.23. The Morgan fingerprint density at radius 2 is 1.71 bits per heavy atom. The Labute approximate surface area is 136 Å². The van der Waals surface area contributed by atoms with Crippen LogP contribution < -0.4 is 5.69 Å². The second kappa shape index (κ2) is 4.99. The fourth-order valence-electron chi connectivity index (χ4n) is 2.26. The molecular weight excluding hydrogens is 404 g/mol. The number of nitrogens with zero attached hydrogens (tertiary/aromatic N) is 2. The zero-order chi connectivity index (χ0) is 15.3. The average molecular weight is 414 g/mol. The number of carbonyl (C=O) groups is 1. The minimum absolute atomic E-state index is 0.137. The van der Waals surface area contributed by atoms with E-state index in [1.54, 1.807) is 38.4 Å². The Hall–Kier alpha value is -1.60. The monoisotopic (exact) mass is 412 g/mol. The molecule has 0 radical (unpaired) electrons. The Balaban J connectivity index is 2.24. The first-order chi connectivity index (χ1) is 9.90. The third-order valence-electron chi connectivity index (χ3n) is 3.40. The van der Waals surface area contributed by atoms with Crippen LogP contribution in [0.2, 0.25) is 0 Å². The van der Waals surface area contributed by atoms with E-state index in [2.05, 4.69) is 31.9 Å². The number of aromatic nitrogens is 2. The van der Waals surface area contributed by atoms with Gasteiger partial charge in [-0.1, -0.05) is 0 Å². The molecule has 1 aromatic carbocycles. The summed E-state index contributed by atoms with van der Waals surface area (Å²) in [5.74, 6) is -0.00590. The second-order valence-electron chi connectivity index (χ2n) is 4.65. The third-order valence-corrected chi connectivity index (χ3v) is 4.48. The molecule has 3 aromatic rings. The third kappa shape index (κ3) is 2.20. The maximum atomic E-state index is 12.5. The van der Waals surface area contributed by atoms with Gasteiger partial charge in [0.15, 0.2) is 10.4 Å². The lowest BCUT2D eigenvalue weighted by molar-refractivity contribution is 0.101. The van der Waals surface area contributed by atoms with Gasteiger partial charge in [0.25, 0.3) is 0 Å². The molecule has 0 N–H and O–H groups in total. The number of rotatable bonds is 2. The summed E-state index contributed by atoms with van der Waals surface area (Å²) < 4.78 is 9.46. The van der Waals surface area contributed by atoms with Gasteiger partial charge in [0.2, 0.25) is 5.78 Å². The van der Waals surface area contributed by atoms with E-state index >= 15 is 0 Å². The number of ketones is 1. The molecule has 0 aliphatic heterocycles. The van der Waals surface area contributed by atoms with E-state index in [0.717, 1.165) is 5.52 Å². The highest BCUT2D eigenvalue weighted by Crippen LogP contribution is 2.27. The van der Waals surface area contributed by atoms with Crippen molar-refractivity contribution in [3.63, 3.8) is 0 Å². The van der Waals surface area contributed by atoms with Gasteiger partial charge < -0.3 is 4.42 Å². The van der Waals surface area contributed by atoms with Crippen molar-refractivity contribution in [2.24, 2.45) is 14.1 Å². The minimum Gasteiger partial charge on any atom is -0.446 e. The average Bonchev–Trinajstić information content (AvgIpc) is 2.97. The van der Waals surface area contributed by atoms with E-state index < -0.39 is 0 Å². The van der Waals surface area contributed by atoms with Gasteiger partial charge in [0.1, 0.15) is 0 Å². The molecule has 0 saturated heterocycles. The highest BCUT2D eigenvalue weighted by atomic mass is 79.9. The standard InChI is InChI=1S/C14H10Br2N2O3/c1-17-9-5-7(13(19)11-3-4-12(16)21-11)8(15)6-10(9)18(2)14(17)20/h3-6H,1-2H3. The van der Waals surface area contributed by atoms with E-state index in [1.165, 1.54) is 9.13 Å². The maximum absolute atomic E-state index is 12.5. The fraction of sp³-hybridized carbons (Fsp3) is 0.143. The number of hydrogen-bond acceptors (Lipinski definition) is 3. The number of carbonyl (C=O) groups excluding carboxylic acids is 1. The molecule has 2 heterocycles. The van der Waals surface area contributed by atoms with Gasteiger partial charge in [-0.25, -0.2) is 4.79 Å². The fourth-order valence-corrected chi connectivity index (χ4v) is 3.08. The van der Waals surface area contributed by atoms with Gasteiger partial charge >= 0.3 is 5.69 Å². The molecule has 0 aliphatic carbocycles. The Morgan fingerprint density at radius 1 is 1.10 bits per heavy atom. The first-order valence-corrected chi connectivity index (χ1v) is 7.63. The Morgan fingerprint density at radius 3 is 2.29 bits per heavy atom. The lowest BCUT2D eigenvalue weighted by Crippen LogP contribution is -2.19. The van der Waals surface area contributed by atoms with Crippen LogP contribution >= 0.6 is 31.9 Å². The molecule has 0 aliphatic rings. The van der Waals surface area contributed by atoms with Crippen LogP contribution in [-0.4, -0.2) is 14.9 Å². The van der Waals surface area contributed by atoms with Gasteiger partial charge in [-0.2, -0.15) is 0 Å². The topological polar surface area (TPSA) is 57.1 Å². The molecule has 0 bridgehead atoms. The SMILES string of the molecule is Cn1c(=O)n(C)c2cc(C(=O)c3ccc(Br)o3)c(Br)cc21. The van der Waals surface area contributed by atoms with E-state index in [0.29, 0.717) is 20.2 Å². The van der Waals surface area contributed by atoms with Crippen LogP contribution in [0.5, 0.6) is 0 Å². The van der Waals surface area contributed by atoms with Crippen molar-refractivity contribution in [3.05, 3.63) is 55.2 Å². The smallest absolute Gasteiger partial charge is 0.328 e. The summed E-state index contributed by atoms with van der Waals surface area (Å²) in [6.07, 6.45) is 0. The first kappa shape index (κ1) is 14.3. The van der Waals surface area contributed by atoms with Crippen LogP contribution in [-0.2, 0) is 14.1 Å². The number of hydrogen-bond donors (Lipinski definition) is 0. The summed E-state index contributed by atoms with van der Waals surface area (Å²) in [7, 11) is 3.37. The second-order valence-corrected chi connectivity index (χ2v) is 6.29. The molecule has 0 atom stereocenters. The number of benzene rings is 1. The van der Waals surface area contributed by atoms with E-state index in [1.807, 2.05) is 0 Å². The molecule has 0 saturated carbocycles. The lowest BCUT2D eigenvalue weighted by Gasteiger charge is -2.04. The number of fused-ring (bicyclic) bond motifs is 1. The number of furan rings is 1. The molecular formula is C14H10Br2N2O3. The molecule has 7 heteroatoms. The zero-order valence-corrected chi connectivity index (χ0v) is 14.4. The number of aryl methyl sites for hydroxylation is 2. The first-order valence-electron chi connectivity index (χ1n) is 6.05. The molecule has 21 heavy (non-hydrogen) atoms. The van der Waals surface area contributed by atoms with E-state index in [-0.39, 0.29) is 17.2 Å². The largest absolute Gasteiger partial charge is 0.446 e. The lowest BCUT2D eigenvalue weighted by atomic mass is 10.1. The van der Waals surface area contributed by atoms with Gasteiger partial charge in [-0.15, -0.1) is 0 Å². The quantitative estimate of drug-likeness (QED) is 0.606. The van der Waals surface area contributed by atoms with E-state index in [4.69, 9.17) is 4.42 Å². The molecule has 0 unspecified atom stereocenters. The summed E-state index contributed by atoms with van der Waals surface area (Å²) >= 11 is 6.57. The molecule has 0 amide bonds. The van der Waals surface area contributed by atoms with Crippen LogP contribution in [0.3, 0.4) is 0 Å². The summed E-state index contributed by atoms with van der Waals surface area (Å²) in [5, 5.41) is 0. The van der Waals surface area contributed by atoms with Crippen LogP contribution in [0.4, 0.5) is 0 Å². The maximum Gasteiger partial charge on any atom is 0.328 e. The summed E-state index contributed by atoms with van der Waals surface area (Å²) in [6, 6.07) is 6.73.